The summed E-state index contributed by atoms with van der Waals surface area (Å²) >= 11 is 6.02. The molecule has 0 aliphatic heterocycles. The van der Waals surface area contributed by atoms with Crippen LogP contribution in [0.1, 0.15) is 57.6 Å². The minimum Gasteiger partial charge on any atom is -0.313 e. The molecular formula is C17H26ClN. The van der Waals surface area contributed by atoms with Crippen LogP contribution in [0, 0.1) is 11.3 Å². The maximum absolute atomic E-state index is 6.02. The average molecular weight is 280 g/mol. The Kier molecular flexibility index (Phi) is 4.92. The van der Waals surface area contributed by atoms with Gasteiger partial charge in [0.25, 0.3) is 0 Å². The van der Waals surface area contributed by atoms with Crippen LogP contribution in [0.2, 0.25) is 5.02 Å². The topological polar surface area (TPSA) is 12.0 Å². The summed E-state index contributed by atoms with van der Waals surface area (Å²) in [4.78, 5) is 0. The zero-order valence-electron chi connectivity index (χ0n) is 12.4. The van der Waals surface area contributed by atoms with E-state index in [0.717, 1.165) is 10.9 Å². The van der Waals surface area contributed by atoms with Crippen molar-refractivity contribution >= 4 is 11.6 Å². The van der Waals surface area contributed by atoms with Crippen LogP contribution in [0.4, 0.5) is 0 Å². The van der Waals surface area contributed by atoms with Crippen molar-refractivity contribution in [3.8, 4) is 0 Å². The molecule has 0 bridgehead atoms. The third-order valence-electron chi connectivity index (χ3n) is 4.52. The highest BCUT2D eigenvalue weighted by Gasteiger charge is 2.41. The fourth-order valence-corrected chi connectivity index (χ4v) is 4.11. The van der Waals surface area contributed by atoms with Gasteiger partial charge in [-0.25, -0.2) is 0 Å². The lowest BCUT2D eigenvalue weighted by atomic mass is 9.70. The molecule has 1 nitrogen and oxygen atoms in total. The van der Waals surface area contributed by atoms with Gasteiger partial charge in [0.2, 0.25) is 0 Å². The maximum Gasteiger partial charge on any atom is 0.0406 e. The summed E-state index contributed by atoms with van der Waals surface area (Å²) in [5.74, 6) is 0.751. The number of hydrogen-bond donors (Lipinski definition) is 1. The Morgan fingerprint density at radius 2 is 1.74 bits per heavy atom. The van der Waals surface area contributed by atoms with Crippen molar-refractivity contribution < 1.29 is 0 Å². The van der Waals surface area contributed by atoms with Crippen LogP contribution in [0.5, 0.6) is 0 Å². The molecule has 1 N–H and O–H groups in total. The monoisotopic (exact) mass is 279 g/mol. The molecule has 106 valence electrons. The molecule has 1 aliphatic rings. The fraction of sp³-hybridized carbons (Fsp3) is 0.647. The number of benzene rings is 1. The van der Waals surface area contributed by atoms with Gasteiger partial charge in [-0.1, -0.05) is 50.4 Å². The Morgan fingerprint density at radius 3 is 2.21 bits per heavy atom. The fourth-order valence-electron chi connectivity index (χ4n) is 3.98. The van der Waals surface area contributed by atoms with E-state index in [2.05, 4.69) is 38.3 Å². The Bertz CT molecular complexity index is 390. The van der Waals surface area contributed by atoms with E-state index in [1.54, 1.807) is 0 Å². The first kappa shape index (κ1) is 14.9. The largest absolute Gasteiger partial charge is 0.313 e. The van der Waals surface area contributed by atoms with Crippen LogP contribution in [-0.4, -0.2) is 7.05 Å². The summed E-state index contributed by atoms with van der Waals surface area (Å²) in [5, 5.41) is 4.41. The Balaban J connectivity index is 2.29. The normalized spacial score (nSPS) is 19.8. The molecular weight excluding hydrogens is 254 g/mol. The van der Waals surface area contributed by atoms with Crippen LogP contribution in [-0.2, 0) is 0 Å². The molecule has 1 atom stereocenters. The van der Waals surface area contributed by atoms with E-state index in [1.807, 2.05) is 12.1 Å². The number of nitrogens with one attached hydrogen (secondary N) is 1. The van der Waals surface area contributed by atoms with E-state index in [-0.39, 0.29) is 0 Å². The lowest BCUT2D eigenvalue weighted by Gasteiger charge is -2.39. The zero-order valence-corrected chi connectivity index (χ0v) is 13.1. The molecule has 2 heteroatoms. The highest BCUT2D eigenvalue weighted by atomic mass is 35.5. The summed E-state index contributed by atoms with van der Waals surface area (Å²) in [6.07, 6.45) is 6.75. The molecule has 2 rings (SSSR count). The number of halogens is 1. The highest BCUT2D eigenvalue weighted by molar-refractivity contribution is 6.30. The first-order chi connectivity index (χ1) is 9.07. The summed E-state index contributed by atoms with van der Waals surface area (Å²) in [6.45, 7) is 4.68. The van der Waals surface area contributed by atoms with Gasteiger partial charge in [0.05, 0.1) is 0 Å². The van der Waals surface area contributed by atoms with Gasteiger partial charge in [0.15, 0.2) is 0 Å². The Labute approximate surface area is 122 Å². The molecule has 0 amide bonds. The molecule has 1 aliphatic carbocycles. The number of hydrogen-bond acceptors (Lipinski definition) is 1. The maximum atomic E-state index is 6.02. The Morgan fingerprint density at radius 1 is 1.16 bits per heavy atom. The van der Waals surface area contributed by atoms with Gasteiger partial charge in [-0.05, 0) is 55.3 Å². The van der Waals surface area contributed by atoms with E-state index in [9.17, 15) is 0 Å². The smallest absolute Gasteiger partial charge is 0.0406 e. The second-order valence-corrected chi connectivity index (χ2v) is 6.88. The summed E-state index contributed by atoms with van der Waals surface area (Å²) in [5.41, 5.74) is 1.81. The van der Waals surface area contributed by atoms with Crippen molar-refractivity contribution in [1.29, 1.82) is 0 Å². The first-order valence-corrected chi connectivity index (χ1v) is 7.88. The predicted molar refractivity (Wildman–Crippen MR) is 83.6 cm³/mol. The molecule has 1 saturated carbocycles. The van der Waals surface area contributed by atoms with Crippen molar-refractivity contribution in [3.05, 3.63) is 34.9 Å². The number of rotatable bonds is 5. The van der Waals surface area contributed by atoms with Crippen LogP contribution in [0.15, 0.2) is 24.3 Å². The van der Waals surface area contributed by atoms with Crippen molar-refractivity contribution in [2.45, 2.75) is 52.0 Å². The third-order valence-corrected chi connectivity index (χ3v) is 4.77. The molecule has 0 saturated heterocycles. The zero-order chi connectivity index (χ0) is 13.9. The van der Waals surface area contributed by atoms with Crippen molar-refractivity contribution in [1.82, 2.24) is 5.32 Å². The quantitative estimate of drug-likeness (QED) is 0.780. The molecule has 0 spiro atoms. The van der Waals surface area contributed by atoms with Crippen molar-refractivity contribution in [2.75, 3.05) is 7.05 Å². The van der Waals surface area contributed by atoms with Gasteiger partial charge in [-0.2, -0.15) is 0 Å². The van der Waals surface area contributed by atoms with Gasteiger partial charge in [-0.15, -0.1) is 0 Å². The van der Waals surface area contributed by atoms with Gasteiger partial charge in [-0.3, -0.25) is 0 Å². The predicted octanol–water partition coefficient (Wildman–Crippen LogP) is 5.21. The molecule has 0 radical (unpaired) electrons. The van der Waals surface area contributed by atoms with E-state index in [0.29, 0.717) is 11.5 Å². The summed E-state index contributed by atoms with van der Waals surface area (Å²) in [7, 11) is 2.10. The lowest BCUT2D eigenvalue weighted by Crippen LogP contribution is -2.35. The minimum absolute atomic E-state index is 0.427. The molecule has 1 unspecified atom stereocenters. The van der Waals surface area contributed by atoms with E-state index in [4.69, 9.17) is 11.6 Å². The van der Waals surface area contributed by atoms with E-state index in [1.165, 1.54) is 37.7 Å². The minimum atomic E-state index is 0.427. The third kappa shape index (κ3) is 3.32. The van der Waals surface area contributed by atoms with E-state index < -0.39 is 0 Å². The molecule has 1 aromatic carbocycles. The second kappa shape index (κ2) is 6.28. The average Bonchev–Trinajstić information content (AvgIpc) is 2.81. The van der Waals surface area contributed by atoms with Crippen LogP contribution in [0.25, 0.3) is 0 Å². The van der Waals surface area contributed by atoms with Gasteiger partial charge in [0, 0.05) is 11.1 Å². The summed E-state index contributed by atoms with van der Waals surface area (Å²) < 4.78 is 0. The van der Waals surface area contributed by atoms with E-state index >= 15 is 0 Å². The highest BCUT2D eigenvalue weighted by Crippen LogP contribution is 2.51. The molecule has 19 heavy (non-hydrogen) atoms. The van der Waals surface area contributed by atoms with Crippen LogP contribution < -0.4 is 5.32 Å². The molecule has 1 fully saturated rings. The van der Waals surface area contributed by atoms with Crippen LogP contribution >= 0.6 is 11.6 Å². The van der Waals surface area contributed by atoms with Crippen molar-refractivity contribution in [3.63, 3.8) is 0 Å². The molecule has 1 aromatic rings. The van der Waals surface area contributed by atoms with Crippen LogP contribution in [0.3, 0.4) is 0 Å². The van der Waals surface area contributed by atoms with Gasteiger partial charge in [0.1, 0.15) is 0 Å². The van der Waals surface area contributed by atoms with Gasteiger partial charge < -0.3 is 5.32 Å². The summed E-state index contributed by atoms with van der Waals surface area (Å²) in [6, 6.07) is 8.85. The van der Waals surface area contributed by atoms with Gasteiger partial charge >= 0.3 is 0 Å². The SMILES string of the molecule is CNC(c1ccc(Cl)cc1)C1(CC(C)C)CCCC1. The second-order valence-electron chi connectivity index (χ2n) is 6.44. The Hall–Kier alpha value is -0.530. The first-order valence-electron chi connectivity index (χ1n) is 7.50. The molecule has 0 aromatic heterocycles. The van der Waals surface area contributed by atoms with Crippen molar-refractivity contribution in [2.24, 2.45) is 11.3 Å². The molecule has 0 heterocycles. The standard InChI is InChI=1S/C17H26ClN/c1-13(2)12-17(10-4-5-11-17)16(19-3)14-6-8-15(18)9-7-14/h6-9,13,16,19H,4-5,10-12H2,1-3H3. The lowest BCUT2D eigenvalue weighted by molar-refractivity contribution is 0.162.